The fourth-order valence-corrected chi connectivity index (χ4v) is 2.90. The van der Waals surface area contributed by atoms with E-state index in [2.05, 4.69) is 10.6 Å². The molecule has 1 unspecified atom stereocenters. The van der Waals surface area contributed by atoms with Crippen LogP contribution in [0, 0.1) is 5.92 Å². The number of hydrogen-bond donors (Lipinski definition) is 2. The molecule has 1 aliphatic heterocycles. The second-order valence-electron chi connectivity index (χ2n) is 5.58. The van der Waals surface area contributed by atoms with Gasteiger partial charge in [-0.15, -0.1) is 0 Å². The highest BCUT2D eigenvalue weighted by Crippen LogP contribution is 2.39. The maximum atomic E-state index is 12.1. The van der Waals surface area contributed by atoms with E-state index in [0.717, 1.165) is 31.5 Å². The van der Waals surface area contributed by atoms with Gasteiger partial charge in [0.25, 0.3) is 0 Å². The van der Waals surface area contributed by atoms with Crippen molar-refractivity contribution in [1.29, 1.82) is 0 Å². The molecular weight excluding hydrogens is 296 g/mol. The van der Waals surface area contributed by atoms with Gasteiger partial charge >= 0.3 is 0 Å². The topological polar surface area (TPSA) is 68.8 Å². The van der Waals surface area contributed by atoms with Gasteiger partial charge in [0, 0.05) is 18.7 Å². The number of amides is 1. The summed E-state index contributed by atoms with van der Waals surface area (Å²) in [6.07, 6.45) is 2.69. The lowest BCUT2D eigenvalue weighted by Gasteiger charge is -2.22. The lowest BCUT2D eigenvalue weighted by molar-refractivity contribution is -0.125. The normalized spacial score (nSPS) is 17.4. The number of hydrogen-bond acceptors (Lipinski definition) is 5. The van der Waals surface area contributed by atoms with Crippen molar-refractivity contribution in [3.8, 4) is 17.2 Å². The van der Waals surface area contributed by atoms with Gasteiger partial charge in [-0.3, -0.25) is 4.79 Å². The average Bonchev–Trinajstić information content (AvgIpc) is 2.61. The molecule has 1 aliphatic rings. The Bertz CT molecular complexity index is 528. The summed E-state index contributed by atoms with van der Waals surface area (Å²) in [5, 5.41) is 6.27. The van der Waals surface area contributed by atoms with Crippen LogP contribution in [0.1, 0.15) is 18.4 Å². The zero-order valence-electron chi connectivity index (χ0n) is 14.1. The summed E-state index contributed by atoms with van der Waals surface area (Å²) in [5.74, 6) is 2.06. The van der Waals surface area contributed by atoms with E-state index in [-0.39, 0.29) is 11.8 Å². The van der Waals surface area contributed by atoms with Crippen LogP contribution in [-0.4, -0.2) is 46.9 Å². The molecule has 1 atom stereocenters. The van der Waals surface area contributed by atoms with Crippen LogP contribution in [0.3, 0.4) is 0 Å². The minimum atomic E-state index is 0.0797. The summed E-state index contributed by atoms with van der Waals surface area (Å²) >= 11 is 0. The monoisotopic (exact) mass is 322 g/mol. The molecule has 1 heterocycles. The van der Waals surface area contributed by atoms with Crippen molar-refractivity contribution < 1.29 is 19.0 Å². The van der Waals surface area contributed by atoms with Crippen LogP contribution in [0.5, 0.6) is 17.2 Å². The van der Waals surface area contributed by atoms with Crippen LogP contribution in [0.2, 0.25) is 0 Å². The van der Waals surface area contributed by atoms with E-state index >= 15 is 0 Å². The van der Waals surface area contributed by atoms with Crippen molar-refractivity contribution in [3.63, 3.8) is 0 Å². The maximum absolute atomic E-state index is 12.1. The number of carbonyl (C=O) groups is 1. The van der Waals surface area contributed by atoms with Crippen molar-refractivity contribution in [2.75, 3.05) is 41.0 Å². The van der Waals surface area contributed by atoms with E-state index in [9.17, 15) is 4.79 Å². The Hall–Kier alpha value is -1.95. The number of rotatable bonds is 7. The van der Waals surface area contributed by atoms with Crippen LogP contribution in [0.15, 0.2) is 12.1 Å². The second kappa shape index (κ2) is 8.62. The predicted molar refractivity (Wildman–Crippen MR) is 88.4 cm³/mol. The number of benzene rings is 1. The number of methoxy groups -OCH3 is 3. The van der Waals surface area contributed by atoms with Crippen molar-refractivity contribution in [2.24, 2.45) is 5.92 Å². The molecule has 0 bridgehead atoms. The molecule has 128 valence electrons. The summed E-state index contributed by atoms with van der Waals surface area (Å²) in [6.45, 7) is 2.35. The van der Waals surface area contributed by atoms with Gasteiger partial charge in [0.15, 0.2) is 11.5 Å². The summed E-state index contributed by atoms with van der Waals surface area (Å²) < 4.78 is 16.1. The Labute approximate surface area is 137 Å². The molecule has 1 aromatic carbocycles. The molecule has 0 spiro atoms. The van der Waals surface area contributed by atoms with Gasteiger partial charge < -0.3 is 24.8 Å². The highest BCUT2D eigenvalue weighted by Gasteiger charge is 2.21. The van der Waals surface area contributed by atoms with Gasteiger partial charge in [0.1, 0.15) is 0 Å². The van der Waals surface area contributed by atoms with Crippen LogP contribution in [0.25, 0.3) is 0 Å². The third kappa shape index (κ3) is 4.28. The van der Waals surface area contributed by atoms with E-state index in [4.69, 9.17) is 14.2 Å². The van der Waals surface area contributed by atoms with Crippen molar-refractivity contribution in [3.05, 3.63) is 17.7 Å². The average molecular weight is 322 g/mol. The molecule has 0 aliphatic carbocycles. The molecule has 1 saturated heterocycles. The van der Waals surface area contributed by atoms with Crippen LogP contribution in [-0.2, 0) is 11.2 Å². The molecule has 2 N–H and O–H groups in total. The van der Waals surface area contributed by atoms with E-state index in [1.54, 1.807) is 21.3 Å². The Morgan fingerprint density at radius 3 is 2.61 bits per heavy atom. The molecule has 0 saturated carbocycles. The smallest absolute Gasteiger partial charge is 0.224 e. The van der Waals surface area contributed by atoms with Crippen molar-refractivity contribution in [2.45, 2.75) is 19.3 Å². The first-order chi connectivity index (χ1) is 11.2. The van der Waals surface area contributed by atoms with E-state index < -0.39 is 0 Å². The Balaban J connectivity index is 1.96. The molecule has 23 heavy (non-hydrogen) atoms. The van der Waals surface area contributed by atoms with Gasteiger partial charge in [0.05, 0.1) is 27.2 Å². The van der Waals surface area contributed by atoms with E-state index in [0.29, 0.717) is 30.2 Å². The first-order valence-corrected chi connectivity index (χ1v) is 7.97. The molecule has 0 radical (unpaired) electrons. The summed E-state index contributed by atoms with van der Waals surface area (Å²) in [5.41, 5.74) is 0.979. The highest BCUT2D eigenvalue weighted by molar-refractivity contribution is 5.79. The third-order valence-corrected chi connectivity index (χ3v) is 4.15. The van der Waals surface area contributed by atoms with Crippen LogP contribution < -0.4 is 24.8 Å². The van der Waals surface area contributed by atoms with Crippen molar-refractivity contribution >= 4 is 5.91 Å². The molecule has 2 rings (SSSR count). The first kappa shape index (κ1) is 17.4. The quantitative estimate of drug-likeness (QED) is 0.793. The zero-order valence-corrected chi connectivity index (χ0v) is 14.1. The van der Waals surface area contributed by atoms with Gasteiger partial charge in [-0.2, -0.15) is 0 Å². The third-order valence-electron chi connectivity index (χ3n) is 4.15. The molecule has 1 aromatic rings. The molecule has 6 nitrogen and oxygen atoms in total. The van der Waals surface area contributed by atoms with E-state index in [1.807, 2.05) is 12.1 Å². The zero-order chi connectivity index (χ0) is 16.7. The van der Waals surface area contributed by atoms with Gasteiger partial charge in [-0.05, 0) is 31.9 Å². The summed E-state index contributed by atoms with van der Waals surface area (Å²) in [7, 11) is 4.78. The lowest BCUT2D eigenvalue weighted by atomic mass is 9.99. The van der Waals surface area contributed by atoms with Gasteiger partial charge in [0.2, 0.25) is 11.7 Å². The largest absolute Gasteiger partial charge is 0.493 e. The minimum Gasteiger partial charge on any atom is -0.493 e. The van der Waals surface area contributed by atoms with Gasteiger partial charge in [-0.1, -0.05) is 6.07 Å². The van der Waals surface area contributed by atoms with Crippen molar-refractivity contribution in [1.82, 2.24) is 10.6 Å². The second-order valence-corrected chi connectivity index (χ2v) is 5.58. The minimum absolute atomic E-state index is 0.0797. The fraction of sp³-hybridized carbons (Fsp3) is 0.588. The molecule has 0 aromatic heterocycles. The molecule has 6 heteroatoms. The number of ether oxygens (including phenoxy) is 3. The Kier molecular flexibility index (Phi) is 6.52. The predicted octanol–water partition coefficient (Wildman–Crippen LogP) is 1.37. The molecule has 1 amide bonds. The lowest BCUT2D eigenvalue weighted by Crippen LogP contribution is -2.41. The Morgan fingerprint density at radius 1 is 1.22 bits per heavy atom. The maximum Gasteiger partial charge on any atom is 0.224 e. The summed E-state index contributed by atoms with van der Waals surface area (Å²) in [6, 6.07) is 3.79. The number of carbonyl (C=O) groups excluding carboxylic acids is 1. The number of piperidine rings is 1. The van der Waals surface area contributed by atoms with E-state index in [1.165, 1.54) is 0 Å². The Morgan fingerprint density at radius 2 is 2.00 bits per heavy atom. The standard InChI is InChI=1S/C17H26N2O4/c1-21-14-7-6-12(15(22-2)16(14)23-3)8-10-19-17(20)13-5-4-9-18-11-13/h6-7,13,18H,4-5,8-11H2,1-3H3,(H,19,20). The molecule has 1 fully saturated rings. The van der Waals surface area contributed by atoms with Gasteiger partial charge in [-0.25, -0.2) is 0 Å². The van der Waals surface area contributed by atoms with Crippen LogP contribution in [0.4, 0.5) is 0 Å². The van der Waals surface area contributed by atoms with Crippen LogP contribution >= 0.6 is 0 Å². The first-order valence-electron chi connectivity index (χ1n) is 7.97. The fourth-order valence-electron chi connectivity index (χ4n) is 2.90. The molecular formula is C17H26N2O4. The summed E-state index contributed by atoms with van der Waals surface area (Å²) in [4.78, 5) is 12.1. The SMILES string of the molecule is COc1ccc(CCNC(=O)C2CCCNC2)c(OC)c1OC. The number of nitrogens with one attached hydrogen (secondary N) is 2. The highest BCUT2D eigenvalue weighted by atomic mass is 16.5.